The van der Waals surface area contributed by atoms with Crippen LogP contribution in [0.3, 0.4) is 0 Å². The van der Waals surface area contributed by atoms with Crippen LogP contribution in [0.2, 0.25) is 0 Å². The molecule has 29 heavy (non-hydrogen) atoms. The lowest BCUT2D eigenvalue weighted by Crippen LogP contribution is -2.13. The van der Waals surface area contributed by atoms with Crippen molar-refractivity contribution in [1.82, 2.24) is 4.98 Å². The molecule has 0 fully saturated rings. The van der Waals surface area contributed by atoms with Crippen LogP contribution in [0.5, 0.6) is 0 Å². The number of carbonyl (C=O) groups excluding carboxylic acids is 2. The number of ether oxygens (including phenoxy) is 1. The predicted octanol–water partition coefficient (Wildman–Crippen LogP) is 4.13. The second-order valence-corrected chi connectivity index (χ2v) is 6.00. The van der Waals surface area contributed by atoms with Gasteiger partial charge in [-0.2, -0.15) is 5.26 Å². The van der Waals surface area contributed by atoms with E-state index in [0.717, 1.165) is 5.69 Å². The SMILES string of the molecule is CCOC(=O)c1ccc(Nc2ccnc(C(=O)Nc3cccc(C#N)c3)c2)cc1. The molecule has 0 aliphatic carbocycles. The van der Waals surface area contributed by atoms with Gasteiger partial charge in [-0.25, -0.2) is 4.79 Å². The fourth-order valence-corrected chi connectivity index (χ4v) is 2.56. The second-order valence-electron chi connectivity index (χ2n) is 6.00. The molecule has 0 saturated carbocycles. The van der Waals surface area contributed by atoms with Crippen LogP contribution in [0.1, 0.15) is 33.3 Å². The number of nitriles is 1. The maximum Gasteiger partial charge on any atom is 0.338 e. The lowest BCUT2D eigenvalue weighted by Gasteiger charge is -2.09. The number of rotatable bonds is 6. The minimum absolute atomic E-state index is 0.223. The molecule has 144 valence electrons. The molecule has 0 bridgehead atoms. The summed E-state index contributed by atoms with van der Waals surface area (Å²) in [6.07, 6.45) is 1.52. The molecule has 2 N–H and O–H groups in total. The summed E-state index contributed by atoms with van der Waals surface area (Å²) < 4.78 is 4.96. The van der Waals surface area contributed by atoms with Crippen molar-refractivity contribution in [2.75, 3.05) is 17.2 Å². The third-order valence-corrected chi connectivity index (χ3v) is 3.93. The monoisotopic (exact) mass is 386 g/mol. The normalized spacial score (nSPS) is 9.93. The summed E-state index contributed by atoms with van der Waals surface area (Å²) in [5.41, 5.74) is 3.07. The zero-order valence-electron chi connectivity index (χ0n) is 15.7. The van der Waals surface area contributed by atoms with Gasteiger partial charge in [0.25, 0.3) is 5.91 Å². The van der Waals surface area contributed by atoms with Crippen molar-refractivity contribution in [3.63, 3.8) is 0 Å². The molecule has 1 amide bonds. The number of hydrogen-bond acceptors (Lipinski definition) is 6. The van der Waals surface area contributed by atoms with Gasteiger partial charge in [-0.05, 0) is 61.5 Å². The zero-order chi connectivity index (χ0) is 20.6. The zero-order valence-corrected chi connectivity index (χ0v) is 15.7. The van der Waals surface area contributed by atoms with E-state index >= 15 is 0 Å². The number of esters is 1. The lowest BCUT2D eigenvalue weighted by atomic mass is 10.2. The van der Waals surface area contributed by atoms with Gasteiger partial charge in [0.05, 0.1) is 23.8 Å². The second kappa shape index (κ2) is 9.15. The van der Waals surface area contributed by atoms with E-state index in [1.165, 1.54) is 6.20 Å². The first-order valence-electron chi connectivity index (χ1n) is 8.91. The van der Waals surface area contributed by atoms with Gasteiger partial charge < -0.3 is 15.4 Å². The van der Waals surface area contributed by atoms with E-state index in [9.17, 15) is 9.59 Å². The van der Waals surface area contributed by atoms with Gasteiger partial charge in [0, 0.05) is 23.3 Å². The van der Waals surface area contributed by atoms with Gasteiger partial charge in [0.15, 0.2) is 0 Å². The van der Waals surface area contributed by atoms with E-state index < -0.39 is 0 Å². The van der Waals surface area contributed by atoms with E-state index in [1.807, 2.05) is 6.07 Å². The van der Waals surface area contributed by atoms with Crippen LogP contribution in [-0.4, -0.2) is 23.5 Å². The van der Waals surface area contributed by atoms with Crippen molar-refractivity contribution in [3.05, 3.63) is 83.7 Å². The average molecular weight is 386 g/mol. The smallest absolute Gasteiger partial charge is 0.338 e. The van der Waals surface area contributed by atoms with Crippen molar-refractivity contribution < 1.29 is 14.3 Å². The Morgan fingerprint density at radius 3 is 2.55 bits per heavy atom. The Balaban J connectivity index is 1.69. The Kier molecular flexibility index (Phi) is 6.18. The molecule has 0 unspecified atom stereocenters. The van der Waals surface area contributed by atoms with Crippen molar-refractivity contribution in [3.8, 4) is 6.07 Å². The summed E-state index contributed by atoms with van der Waals surface area (Å²) >= 11 is 0. The van der Waals surface area contributed by atoms with E-state index in [-0.39, 0.29) is 17.6 Å². The molecular formula is C22H18N4O3. The van der Waals surface area contributed by atoms with E-state index in [4.69, 9.17) is 10.00 Å². The van der Waals surface area contributed by atoms with Gasteiger partial charge in [0.1, 0.15) is 5.69 Å². The van der Waals surface area contributed by atoms with Crippen LogP contribution in [0.4, 0.5) is 17.1 Å². The Bertz CT molecular complexity index is 1070. The molecule has 2 aromatic carbocycles. The molecule has 1 heterocycles. The molecule has 7 heteroatoms. The first-order chi connectivity index (χ1) is 14.1. The van der Waals surface area contributed by atoms with Gasteiger partial charge >= 0.3 is 5.97 Å². The number of amides is 1. The Morgan fingerprint density at radius 1 is 1.03 bits per heavy atom. The highest BCUT2D eigenvalue weighted by atomic mass is 16.5. The number of hydrogen-bond donors (Lipinski definition) is 2. The minimum Gasteiger partial charge on any atom is -0.462 e. The minimum atomic E-state index is -0.388. The molecule has 3 aromatic rings. The van der Waals surface area contributed by atoms with Crippen LogP contribution in [0.25, 0.3) is 0 Å². The van der Waals surface area contributed by atoms with Crippen LogP contribution >= 0.6 is 0 Å². The van der Waals surface area contributed by atoms with Crippen LogP contribution < -0.4 is 10.6 Å². The molecule has 0 spiro atoms. The Hall–Kier alpha value is -4.18. The molecule has 1 aromatic heterocycles. The number of benzene rings is 2. The maximum absolute atomic E-state index is 12.5. The van der Waals surface area contributed by atoms with Crippen LogP contribution in [0.15, 0.2) is 66.9 Å². The van der Waals surface area contributed by atoms with Gasteiger partial charge in [-0.15, -0.1) is 0 Å². The number of anilines is 3. The summed E-state index contributed by atoms with van der Waals surface area (Å²) in [6.45, 7) is 2.08. The summed E-state index contributed by atoms with van der Waals surface area (Å²) in [4.78, 5) is 28.3. The quantitative estimate of drug-likeness (QED) is 0.618. The Morgan fingerprint density at radius 2 is 1.83 bits per heavy atom. The molecule has 0 saturated heterocycles. The number of nitrogens with one attached hydrogen (secondary N) is 2. The molecule has 0 radical (unpaired) electrons. The summed E-state index contributed by atoms with van der Waals surface area (Å²) in [6, 6.07) is 18.8. The summed E-state index contributed by atoms with van der Waals surface area (Å²) in [5, 5.41) is 14.8. The van der Waals surface area contributed by atoms with Gasteiger partial charge in [-0.3, -0.25) is 9.78 Å². The van der Waals surface area contributed by atoms with Gasteiger partial charge in [-0.1, -0.05) is 6.07 Å². The molecule has 3 rings (SSSR count). The topological polar surface area (TPSA) is 104 Å². The fourth-order valence-electron chi connectivity index (χ4n) is 2.56. The van der Waals surface area contributed by atoms with E-state index in [2.05, 4.69) is 15.6 Å². The van der Waals surface area contributed by atoms with Crippen molar-refractivity contribution in [2.24, 2.45) is 0 Å². The Labute approximate surface area is 168 Å². The molecule has 7 nitrogen and oxygen atoms in total. The molecule has 0 aliphatic rings. The number of pyridine rings is 1. The molecule has 0 aliphatic heterocycles. The first kappa shape index (κ1) is 19.6. The first-order valence-corrected chi connectivity index (χ1v) is 8.91. The number of carbonyl (C=O) groups is 2. The average Bonchev–Trinajstić information content (AvgIpc) is 2.75. The molecular weight excluding hydrogens is 368 g/mol. The van der Waals surface area contributed by atoms with Crippen molar-refractivity contribution in [1.29, 1.82) is 5.26 Å². The largest absolute Gasteiger partial charge is 0.462 e. The number of aromatic nitrogens is 1. The van der Waals surface area contributed by atoms with E-state index in [0.29, 0.717) is 29.1 Å². The maximum atomic E-state index is 12.5. The van der Waals surface area contributed by atoms with Crippen molar-refractivity contribution in [2.45, 2.75) is 6.92 Å². The van der Waals surface area contributed by atoms with Gasteiger partial charge in [0.2, 0.25) is 0 Å². The summed E-state index contributed by atoms with van der Waals surface area (Å²) in [5.74, 6) is -0.760. The highest BCUT2D eigenvalue weighted by Crippen LogP contribution is 2.19. The fraction of sp³-hybridized carbons (Fsp3) is 0.0909. The third-order valence-electron chi connectivity index (χ3n) is 3.93. The van der Waals surface area contributed by atoms with E-state index in [1.54, 1.807) is 67.6 Å². The van der Waals surface area contributed by atoms with Crippen molar-refractivity contribution >= 4 is 28.9 Å². The third kappa shape index (κ3) is 5.17. The van der Waals surface area contributed by atoms with Crippen LogP contribution in [0, 0.1) is 11.3 Å². The predicted molar refractivity (Wildman–Crippen MR) is 109 cm³/mol. The standard InChI is InChI=1S/C22H18N4O3/c1-2-29-22(28)16-6-8-17(9-7-16)25-19-10-11-24-20(13-19)21(27)26-18-5-3-4-15(12-18)14-23/h3-13H,2H2,1H3,(H,24,25)(H,26,27). The van der Waals surface area contributed by atoms with Crippen LogP contribution in [-0.2, 0) is 4.74 Å². The molecule has 0 atom stereocenters. The number of nitrogens with zero attached hydrogens (tertiary/aromatic N) is 2. The highest BCUT2D eigenvalue weighted by molar-refractivity contribution is 6.03. The lowest BCUT2D eigenvalue weighted by molar-refractivity contribution is 0.0526. The summed E-state index contributed by atoms with van der Waals surface area (Å²) in [7, 11) is 0. The highest BCUT2D eigenvalue weighted by Gasteiger charge is 2.10.